The molecule has 0 atom stereocenters. The van der Waals surface area contributed by atoms with Crippen molar-refractivity contribution in [2.45, 2.75) is 17.9 Å². The number of rotatable bonds is 10. The van der Waals surface area contributed by atoms with Gasteiger partial charge in [-0.25, -0.2) is 12.7 Å². The number of sulfonamides is 1. The third-order valence-corrected chi connectivity index (χ3v) is 6.13. The molecule has 7 nitrogen and oxygen atoms in total. The Morgan fingerprint density at radius 3 is 2.31 bits per heavy atom. The van der Waals surface area contributed by atoms with Crippen LogP contribution in [0.2, 0.25) is 0 Å². The molecule has 2 amide bonds. The van der Waals surface area contributed by atoms with Crippen molar-refractivity contribution in [3.63, 3.8) is 0 Å². The Kier molecular flexibility index (Phi) is 8.11. The molecule has 0 bridgehead atoms. The van der Waals surface area contributed by atoms with E-state index in [1.54, 1.807) is 0 Å². The maximum absolute atomic E-state index is 12.6. The molecule has 0 aliphatic carbocycles. The molecular formula is C21H25N3O4S. The van der Waals surface area contributed by atoms with Crippen molar-refractivity contribution < 1.29 is 18.0 Å². The van der Waals surface area contributed by atoms with Crippen LogP contribution in [0.4, 0.5) is 0 Å². The van der Waals surface area contributed by atoms with E-state index in [9.17, 15) is 18.0 Å². The summed E-state index contributed by atoms with van der Waals surface area (Å²) in [6, 6.07) is 15.3. The lowest BCUT2D eigenvalue weighted by Gasteiger charge is -2.17. The van der Waals surface area contributed by atoms with E-state index >= 15 is 0 Å². The fourth-order valence-electron chi connectivity index (χ4n) is 2.54. The number of nitrogens with one attached hydrogen (secondary N) is 2. The number of benzene rings is 2. The molecule has 0 unspecified atom stereocenters. The van der Waals surface area contributed by atoms with Crippen LogP contribution in [-0.4, -0.2) is 44.7 Å². The van der Waals surface area contributed by atoms with Gasteiger partial charge in [-0.3, -0.25) is 9.59 Å². The molecule has 0 aliphatic heterocycles. The second-order valence-corrected chi connectivity index (χ2v) is 8.41. The van der Waals surface area contributed by atoms with Gasteiger partial charge in [0.2, 0.25) is 15.9 Å². The molecule has 0 fully saturated rings. The summed E-state index contributed by atoms with van der Waals surface area (Å²) in [7, 11) is -2.20. The van der Waals surface area contributed by atoms with Crippen LogP contribution in [0.3, 0.4) is 0 Å². The lowest BCUT2D eigenvalue weighted by Crippen LogP contribution is -2.31. The molecule has 0 heterocycles. The Balaban J connectivity index is 1.92. The van der Waals surface area contributed by atoms with Gasteiger partial charge in [0.05, 0.1) is 4.90 Å². The zero-order valence-electron chi connectivity index (χ0n) is 16.3. The van der Waals surface area contributed by atoms with Crippen LogP contribution >= 0.6 is 0 Å². The predicted molar refractivity (Wildman–Crippen MR) is 112 cm³/mol. The third kappa shape index (κ3) is 6.55. The lowest BCUT2D eigenvalue weighted by molar-refractivity contribution is -0.116. The molecule has 2 rings (SSSR count). The minimum atomic E-state index is -3.67. The summed E-state index contributed by atoms with van der Waals surface area (Å²) >= 11 is 0. The summed E-state index contributed by atoms with van der Waals surface area (Å²) in [6.45, 7) is 4.35. The highest BCUT2D eigenvalue weighted by molar-refractivity contribution is 7.89. The smallest absolute Gasteiger partial charge is 0.251 e. The molecule has 2 N–H and O–H groups in total. The van der Waals surface area contributed by atoms with E-state index in [-0.39, 0.29) is 23.3 Å². The second-order valence-electron chi connectivity index (χ2n) is 6.37. The maximum Gasteiger partial charge on any atom is 0.251 e. The van der Waals surface area contributed by atoms with Crippen LogP contribution in [-0.2, 0) is 21.4 Å². The van der Waals surface area contributed by atoms with Crippen LogP contribution < -0.4 is 10.6 Å². The van der Waals surface area contributed by atoms with Crippen molar-refractivity contribution in [1.29, 1.82) is 0 Å². The van der Waals surface area contributed by atoms with E-state index in [1.165, 1.54) is 35.6 Å². The zero-order chi connectivity index (χ0) is 21.3. The van der Waals surface area contributed by atoms with Gasteiger partial charge in [-0.15, -0.1) is 0 Å². The van der Waals surface area contributed by atoms with E-state index in [0.717, 1.165) is 11.6 Å². The first-order chi connectivity index (χ1) is 13.8. The molecule has 0 aromatic heterocycles. The topological polar surface area (TPSA) is 95.6 Å². The number of hydrogen-bond acceptors (Lipinski definition) is 4. The Morgan fingerprint density at radius 1 is 1.03 bits per heavy atom. The molecule has 29 heavy (non-hydrogen) atoms. The van der Waals surface area contributed by atoms with Crippen molar-refractivity contribution in [1.82, 2.24) is 14.9 Å². The van der Waals surface area contributed by atoms with E-state index < -0.39 is 10.0 Å². The predicted octanol–water partition coefficient (Wildman–Crippen LogP) is 1.93. The van der Waals surface area contributed by atoms with Crippen molar-refractivity contribution in [3.05, 3.63) is 78.4 Å². The van der Waals surface area contributed by atoms with Crippen LogP contribution in [0, 0.1) is 0 Å². The molecule has 2 aromatic carbocycles. The molecule has 0 aliphatic rings. The van der Waals surface area contributed by atoms with Crippen molar-refractivity contribution in [2.75, 3.05) is 20.1 Å². The van der Waals surface area contributed by atoms with Gasteiger partial charge in [-0.05, 0) is 42.3 Å². The average molecular weight is 416 g/mol. The maximum atomic E-state index is 12.6. The SMILES string of the molecule is C=CC(=O)NCCCN(C)S(=O)(=O)c1ccc(C(=O)NCc2ccccc2)cc1. The molecule has 0 radical (unpaired) electrons. The molecule has 0 spiro atoms. The zero-order valence-corrected chi connectivity index (χ0v) is 17.1. The Morgan fingerprint density at radius 2 is 1.69 bits per heavy atom. The molecule has 0 saturated heterocycles. The monoisotopic (exact) mass is 415 g/mol. The quantitative estimate of drug-likeness (QED) is 0.458. The van der Waals surface area contributed by atoms with Gasteiger partial charge in [-0.2, -0.15) is 0 Å². The molecule has 8 heteroatoms. The Bertz CT molecular complexity index is 942. The van der Waals surface area contributed by atoms with Gasteiger partial charge >= 0.3 is 0 Å². The largest absolute Gasteiger partial charge is 0.353 e. The standard InChI is InChI=1S/C21H25N3O4S/c1-3-20(25)22-14-7-15-24(2)29(27,28)19-12-10-18(11-13-19)21(26)23-16-17-8-5-4-6-9-17/h3-6,8-13H,1,7,14-16H2,2H3,(H,22,25)(H,23,26). The van der Waals surface area contributed by atoms with Crippen LogP contribution in [0.15, 0.2) is 72.1 Å². The van der Waals surface area contributed by atoms with Gasteiger partial charge < -0.3 is 10.6 Å². The normalized spacial score (nSPS) is 11.1. The number of nitrogens with zero attached hydrogens (tertiary/aromatic N) is 1. The van der Waals surface area contributed by atoms with E-state index in [0.29, 0.717) is 25.1 Å². The minimum Gasteiger partial charge on any atom is -0.353 e. The molecular weight excluding hydrogens is 390 g/mol. The lowest BCUT2D eigenvalue weighted by atomic mass is 10.2. The first-order valence-corrected chi connectivity index (χ1v) is 10.6. The van der Waals surface area contributed by atoms with Gasteiger partial charge in [0.1, 0.15) is 0 Å². The Hall–Kier alpha value is -2.97. The highest BCUT2D eigenvalue weighted by atomic mass is 32.2. The summed E-state index contributed by atoms with van der Waals surface area (Å²) in [6.07, 6.45) is 1.63. The average Bonchev–Trinajstić information content (AvgIpc) is 2.75. The fourth-order valence-corrected chi connectivity index (χ4v) is 3.75. The minimum absolute atomic E-state index is 0.106. The summed E-state index contributed by atoms with van der Waals surface area (Å²) < 4.78 is 26.5. The summed E-state index contributed by atoms with van der Waals surface area (Å²) in [5.74, 6) is -0.569. The van der Waals surface area contributed by atoms with Crippen LogP contribution in [0.25, 0.3) is 0 Å². The van der Waals surface area contributed by atoms with Gasteiger partial charge in [0.15, 0.2) is 0 Å². The van der Waals surface area contributed by atoms with Crippen LogP contribution in [0.1, 0.15) is 22.3 Å². The third-order valence-electron chi connectivity index (χ3n) is 4.25. The molecule has 0 saturated carbocycles. The number of carbonyl (C=O) groups excluding carboxylic acids is 2. The Labute approximate surface area is 171 Å². The first-order valence-electron chi connectivity index (χ1n) is 9.13. The molecule has 2 aromatic rings. The highest BCUT2D eigenvalue weighted by Crippen LogP contribution is 2.15. The van der Waals surface area contributed by atoms with Gasteiger partial charge in [0, 0.05) is 32.2 Å². The number of amides is 2. The summed E-state index contributed by atoms with van der Waals surface area (Å²) in [4.78, 5) is 23.5. The van der Waals surface area contributed by atoms with Gasteiger partial charge in [0.25, 0.3) is 5.91 Å². The van der Waals surface area contributed by atoms with E-state index in [2.05, 4.69) is 17.2 Å². The summed E-state index contributed by atoms with van der Waals surface area (Å²) in [5.41, 5.74) is 1.36. The number of hydrogen-bond donors (Lipinski definition) is 2. The number of carbonyl (C=O) groups is 2. The second kappa shape index (κ2) is 10.5. The summed E-state index contributed by atoms with van der Waals surface area (Å²) in [5, 5.41) is 5.40. The van der Waals surface area contributed by atoms with E-state index in [4.69, 9.17) is 0 Å². The highest BCUT2D eigenvalue weighted by Gasteiger charge is 2.20. The van der Waals surface area contributed by atoms with E-state index in [1.807, 2.05) is 30.3 Å². The van der Waals surface area contributed by atoms with Gasteiger partial charge in [-0.1, -0.05) is 36.9 Å². The van der Waals surface area contributed by atoms with Crippen LogP contribution in [0.5, 0.6) is 0 Å². The molecule has 154 valence electrons. The van der Waals surface area contributed by atoms with Crippen molar-refractivity contribution >= 4 is 21.8 Å². The first kappa shape index (κ1) is 22.3. The van der Waals surface area contributed by atoms with Crippen molar-refractivity contribution in [2.24, 2.45) is 0 Å². The fraction of sp³-hybridized carbons (Fsp3) is 0.238. The van der Waals surface area contributed by atoms with Crippen molar-refractivity contribution in [3.8, 4) is 0 Å².